The predicted molar refractivity (Wildman–Crippen MR) is 86.1 cm³/mol. The highest BCUT2D eigenvalue weighted by atomic mass is 16.5. The van der Waals surface area contributed by atoms with Gasteiger partial charge in [0.1, 0.15) is 6.61 Å². The second-order valence-electron chi connectivity index (χ2n) is 5.65. The van der Waals surface area contributed by atoms with Gasteiger partial charge in [-0.15, -0.1) is 0 Å². The Morgan fingerprint density at radius 3 is 2.82 bits per heavy atom. The van der Waals surface area contributed by atoms with Gasteiger partial charge in [0, 0.05) is 25.2 Å². The lowest BCUT2D eigenvalue weighted by Crippen LogP contribution is -2.28. The summed E-state index contributed by atoms with van der Waals surface area (Å²) in [7, 11) is 0. The molecule has 0 fully saturated rings. The molecule has 0 atom stereocenters. The third-order valence-electron chi connectivity index (χ3n) is 4.07. The summed E-state index contributed by atoms with van der Waals surface area (Å²) in [5, 5.41) is 19.5. The van der Waals surface area contributed by atoms with E-state index in [2.05, 4.69) is 30.0 Å². The van der Waals surface area contributed by atoms with Crippen molar-refractivity contribution >= 4 is 0 Å². The van der Waals surface area contributed by atoms with Crippen molar-refractivity contribution in [3.05, 3.63) is 47.5 Å². The minimum absolute atomic E-state index is 0.124. The molecule has 0 aliphatic carbocycles. The van der Waals surface area contributed by atoms with Crippen molar-refractivity contribution in [1.29, 1.82) is 0 Å². The van der Waals surface area contributed by atoms with Gasteiger partial charge in [0.05, 0.1) is 6.61 Å². The molecule has 0 radical (unpaired) electrons. The molecule has 1 aliphatic heterocycles. The molecule has 2 aromatic carbocycles. The fraction of sp³-hybridized carbons (Fsp3) is 0.333. The smallest absolute Gasteiger partial charge is 0.165 e. The van der Waals surface area contributed by atoms with Gasteiger partial charge in [-0.2, -0.15) is 0 Å². The SMILES string of the molecule is Cc1ccccc1-c1cc(O)c2c(c1)CN(CCO)CCO2. The molecule has 1 heterocycles. The summed E-state index contributed by atoms with van der Waals surface area (Å²) in [6.07, 6.45) is 0. The summed E-state index contributed by atoms with van der Waals surface area (Å²) in [4.78, 5) is 2.13. The molecule has 0 amide bonds. The summed E-state index contributed by atoms with van der Waals surface area (Å²) < 4.78 is 5.70. The van der Waals surface area contributed by atoms with Crippen LogP contribution in [0, 0.1) is 6.92 Å². The molecule has 2 N–H and O–H groups in total. The van der Waals surface area contributed by atoms with Crippen molar-refractivity contribution in [1.82, 2.24) is 4.90 Å². The van der Waals surface area contributed by atoms with Gasteiger partial charge < -0.3 is 14.9 Å². The van der Waals surface area contributed by atoms with Gasteiger partial charge in [-0.1, -0.05) is 24.3 Å². The maximum atomic E-state index is 10.3. The number of hydrogen-bond acceptors (Lipinski definition) is 4. The summed E-state index contributed by atoms with van der Waals surface area (Å²) >= 11 is 0. The minimum atomic E-state index is 0.124. The highest BCUT2D eigenvalue weighted by Crippen LogP contribution is 2.38. The Morgan fingerprint density at radius 2 is 2.05 bits per heavy atom. The summed E-state index contributed by atoms with van der Waals surface area (Å²) in [5.74, 6) is 0.749. The molecule has 0 saturated carbocycles. The number of benzene rings is 2. The first-order valence-corrected chi connectivity index (χ1v) is 7.57. The highest BCUT2D eigenvalue weighted by molar-refractivity contribution is 5.71. The molecule has 116 valence electrons. The zero-order valence-electron chi connectivity index (χ0n) is 12.7. The maximum absolute atomic E-state index is 10.3. The zero-order chi connectivity index (χ0) is 15.5. The van der Waals surface area contributed by atoms with E-state index in [1.807, 2.05) is 12.1 Å². The molecular formula is C18H21NO3. The molecule has 0 bridgehead atoms. The second-order valence-corrected chi connectivity index (χ2v) is 5.65. The molecule has 2 aromatic rings. The summed E-state index contributed by atoms with van der Waals surface area (Å²) in [5.41, 5.74) is 4.23. The van der Waals surface area contributed by atoms with Gasteiger partial charge >= 0.3 is 0 Å². The van der Waals surface area contributed by atoms with Crippen LogP contribution in [0.1, 0.15) is 11.1 Å². The molecular weight excluding hydrogens is 278 g/mol. The first-order chi connectivity index (χ1) is 10.7. The number of nitrogens with zero attached hydrogens (tertiary/aromatic N) is 1. The highest BCUT2D eigenvalue weighted by Gasteiger charge is 2.19. The molecule has 1 aliphatic rings. The Balaban J connectivity index is 2.02. The number of phenols is 1. The average Bonchev–Trinajstić information content (AvgIpc) is 2.70. The van der Waals surface area contributed by atoms with Crippen molar-refractivity contribution in [2.75, 3.05) is 26.3 Å². The number of ether oxygens (including phenoxy) is 1. The third kappa shape index (κ3) is 2.93. The van der Waals surface area contributed by atoms with Crippen LogP contribution in [0.3, 0.4) is 0 Å². The number of aliphatic hydroxyl groups is 1. The molecule has 4 nitrogen and oxygen atoms in total. The van der Waals surface area contributed by atoms with E-state index in [-0.39, 0.29) is 12.4 Å². The van der Waals surface area contributed by atoms with Crippen LogP contribution in [0.25, 0.3) is 11.1 Å². The van der Waals surface area contributed by atoms with Crippen LogP contribution < -0.4 is 4.74 Å². The monoisotopic (exact) mass is 299 g/mol. The largest absolute Gasteiger partial charge is 0.504 e. The summed E-state index contributed by atoms with van der Waals surface area (Å²) in [6.45, 7) is 4.73. The Bertz CT molecular complexity index is 669. The van der Waals surface area contributed by atoms with Crippen LogP contribution in [-0.2, 0) is 6.54 Å². The van der Waals surface area contributed by atoms with Crippen LogP contribution in [0.15, 0.2) is 36.4 Å². The Labute approximate surface area is 130 Å². The van der Waals surface area contributed by atoms with E-state index in [1.54, 1.807) is 6.07 Å². The Kier molecular flexibility index (Phi) is 4.32. The number of aryl methyl sites for hydroxylation is 1. The number of fused-ring (bicyclic) bond motifs is 1. The molecule has 4 heteroatoms. The van der Waals surface area contributed by atoms with E-state index in [0.29, 0.717) is 25.4 Å². The lowest BCUT2D eigenvalue weighted by Gasteiger charge is -2.18. The fourth-order valence-corrected chi connectivity index (χ4v) is 2.94. The van der Waals surface area contributed by atoms with Crippen LogP contribution >= 0.6 is 0 Å². The van der Waals surface area contributed by atoms with E-state index in [9.17, 15) is 5.11 Å². The zero-order valence-corrected chi connectivity index (χ0v) is 12.7. The predicted octanol–water partition coefficient (Wildman–Crippen LogP) is 2.55. The fourth-order valence-electron chi connectivity index (χ4n) is 2.94. The van der Waals surface area contributed by atoms with E-state index >= 15 is 0 Å². The van der Waals surface area contributed by atoms with Gasteiger partial charge in [0.15, 0.2) is 11.5 Å². The number of aromatic hydroxyl groups is 1. The lowest BCUT2D eigenvalue weighted by atomic mass is 9.98. The number of aliphatic hydroxyl groups excluding tert-OH is 1. The molecule has 0 saturated heterocycles. The van der Waals surface area contributed by atoms with Crippen molar-refractivity contribution in [3.63, 3.8) is 0 Å². The van der Waals surface area contributed by atoms with Crippen LogP contribution in [0.2, 0.25) is 0 Å². The molecule has 3 rings (SSSR count). The van der Waals surface area contributed by atoms with E-state index in [4.69, 9.17) is 9.84 Å². The minimum Gasteiger partial charge on any atom is -0.504 e. The molecule has 0 aromatic heterocycles. The summed E-state index contributed by atoms with van der Waals surface area (Å²) in [6, 6.07) is 12.0. The van der Waals surface area contributed by atoms with Crippen LogP contribution in [0.4, 0.5) is 0 Å². The topological polar surface area (TPSA) is 52.9 Å². The lowest BCUT2D eigenvalue weighted by molar-refractivity contribution is 0.176. The number of rotatable bonds is 3. The average molecular weight is 299 g/mol. The van der Waals surface area contributed by atoms with Crippen LogP contribution in [0.5, 0.6) is 11.5 Å². The molecule has 0 unspecified atom stereocenters. The second kappa shape index (κ2) is 6.38. The van der Waals surface area contributed by atoms with Gasteiger partial charge in [-0.3, -0.25) is 4.90 Å². The van der Waals surface area contributed by atoms with E-state index in [0.717, 1.165) is 23.2 Å². The number of β-amino-alcohol motifs (C(OH)–C–C–N with tert-alkyl or cyclic N) is 1. The van der Waals surface area contributed by atoms with Gasteiger partial charge in [-0.05, 0) is 35.7 Å². The van der Waals surface area contributed by atoms with Crippen molar-refractivity contribution in [3.8, 4) is 22.6 Å². The molecule has 22 heavy (non-hydrogen) atoms. The maximum Gasteiger partial charge on any atom is 0.165 e. The standard InChI is InChI=1S/C18H21NO3/c1-13-4-2-3-5-16(13)14-10-15-12-19(6-8-20)7-9-22-18(15)17(21)11-14/h2-5,10-11,20-21H,6-9,12H2,1H3. The van der Waals surface area contributed by atoms with Crippen molar-refractivity contribution < 1.29 is 14.9 Å². The van der Waals surface area contributed by atoms with Gasteiger partial charge in [0.2, 0.25) is 0 Å². The van der Waals surface area contributed by atoms with Gasteiger partial charge in [-0.25, -0.2) is 0 Å². The van der Waals surface area contributed by atoms with E-state index < -0.39 is 0 Å². The number of phenolic OH excluding ortho intramolecular Hbond substituents is 1. The van der Waals surface area contributed by atoms with E-state index in [1.165, 1.54) is 5.56 Å². The van der Waals surface area contributed by atoms with Crippen LogP contribution in [-0.4, -0.2) is 41.4 Å². The van der Waals surface area contributed by atoms with Gasteiger partial charge in [0.25, 0.3) is 0 Å². The Hall–Kier alpha value is -2.04. The first kappa shape index (κ1) is 14.9. The quantitative estimate of drug-likeness (QED) is 0.914. The first-order valence-electron chi connectivity index (χ1n) is 7.57. The third-order valence-corrected chi connectivity index (χ3v) is 4.07. The van der Waals surface area contributed by atoms with Crippen molar-refractivity contribution in [2.45, 2.75) is 13.5 Å². The normalized spacial score (nSPS) is 15.0. The number of hydrogen-bond donors (Lipinski definition) is 2. The molecule has 0 spiro atoms. The Morgan fingerprint density at radius 1 is 1.23 bits per heavy atom. The van der Waals surface area contributed by atoms with Crippen molar-refractivity contribution in [2.24, 2.45) is 0 Å².